The number of fused-ring (bicyclic) bond motifs is 7. The Kier molecular flexibility index (Phi) is 5.50. The van der Waals surface area contributed by atoms with Crippen molar-refractivity contribution < 1.29 is 0 Å². The topological polar surface area (TPSA) is 38.7 Å². The van der Waals surface area contributed by atoms with E-state index in [1.807, 2.05) is 24.5 Å². The molecule has 0 N–H and O–H groups in total. The van der Waals surface area contributed by atoms with Crippen LogP contribution in [0.25, 0.3) is 87.8 Å². The molecular formula is C41H25N3. The van der Waals surface area contributed by atoms with Crippen LogP contribution in [0.2, 0.25) is 0 Å². The Morgan fingerprint density at radius 3 is 1.98 bits per heavy atom. The van der Waals surface area contributed by atoms with Gasteiger partial charge in [0.1, 0.15) is 0 Å². The summed E-state index contributed by atoms with van der Waals surface area (Å²) in [6.07, 6.45) is 3.82. The lowest BCUT2D eigenvalue weighted by atomic mass is 9.90. The Morgan fingerprint density at radius 2 is 1.07 bits per heavy atom. The van der Waals surface area contributed by atoms with Gasteiger partial charge in [0, 0.05) is 39.7 Å². The molecule has 3 aromatic heterocycles. The van der Waals surface area contributed by atoms with E-state index in [9.17, 15) is 0 Å². The van der Waals surface area contributed by atoms with Crippen LogP contribution < -0.4 is 0 Å². The molecule has 0 aliphatic rings. The van der Waals surface area contributed by atoms with Crippen molar-refractivity contribution in [3.8, 4) is 33.5 Å². The fourth-order valence-corrected chi connectivity index (χ4v) is 6.50. The average Bonchev–Trinajstić information content (AvgIpc) is 3.10. The normalized spacial score (nSPS) is 11.6. The Balaban J connectivity index is 1.33. The molecule has 0 amide bonds. The molecule has 0 unspecified atom stereocenters. The highest BCUT2D eigenvalue weighted by Gasteiger charge is 2.14. The summed E-state index contributed by atoms with van der Waals surface area (Å²) in [5, 5.41) is 8.25. The highest BCUT2D eigenvalue weighted by Crippen LogP contribution is 2.39. The fourth-order valence-electron chi connectivity index (χ4n) is 6.50. The zero-order valence-corrected chi connectivity index (χ0v) is 23.8. The van der Waals surface area contributed by atoms with Crippen LogP contribution >= 0.6 is 0 Å². The van der Waals surface area contributed by atoms with E-state index in [2.05, 4.69) is 127 Å². The van der Waals surface area contributed by atoms with Gasteiger partial charge in [0.25, 0.3) is 0 Å². The number of para-hydroxylation sites is 1. The first-order valence-corrected chi connectivity index (χ1v) is 14.8. The number of benzene rings is 6. The number of hydrogen-bond donors (Lipinski definition) is 0. The summed E-state index contributed by atoms with van der Waals surface area (Å²) in [6, 6.07) is 49.6. The molecule has 0 saturated carbocycles. The van der Waals surface area contributed by atoms with Gasteiger partial charge in [0.15, 0.2) is 0 Å². The maximum atomic E-state index is 5.23. The molecule has 0 atom stereocenters. The summed E-state index contributed by atoms with van der Waals surface area (Å²) in [5.41, 5.74) is 9.31. The van der Waals surface area contributed by atoms with E-state index in [-0.39, 0.29) is 0 Å². The number of rotatable bonds is 3. The van der Waals surface area contributed by atoms with Crippen molar-refractivity contribution in [3.05, 3.63) is 152 Å². The molecule has 3 nitrogen and oxygen atoms in total. The maximum absolute atomic E-state index is 5.23. The molecule has 0 bridgehead atoms. The van der Waals surface area contributed by atoms with Crippen LogP contribution in [0.4, 0.5) is 0 Å². The maximum Gasteiger partial charge on any atom is 0.0972 e. The lowest BCUT2D eigenvalue weighted by Gasteiger charge is -2.15. The molecule has 0 radical (unpaired) electrons. The number of aromatic nitrogens is 3. The fraction of sp³-hybridized carbons (Fsp3) is 0. The number of pyridine rings is 3. The second-order valence-electron chi connectivity index (χ2n) is 11.3. The van der Waals surface area contributed by atoms with Crippen LogP contribution in [-0.2, 0) is 0 Å². The minimum absolute atomic E-state index is 0.913. The van der Waals surface area contributed by atoms with Crippen molar-refractivity contribution in [3.63, 3.8) is 0 Å². The van der Waals surface area contributed by atoms with Gasteiger partial charge in [0.05, 0.1) is 22.2 Å². The summed E-state index contributed by atoms with van der Waals surface area (Å²) in [4.78, 5) is 14.7. The molecule has 9 rings (SSSR count). The van der Waals surface area contributed by atoms with Gasteiger partial charge in [-0.25, -0.2) is 4.98 Å². The Morgan fingerprint density at radius 1 is 0.386 bits per heavy atom. The quantitative estimate of drug-likeness (QED) is 0.202. The number of hydrogen-bond acceptors (Lipinski definition) is 3. The van der Waals surface area contributed by atoms with Gasteiger partial charge in [0.2, 0.25) is 0 Å². The predicted octanol–water partition coefficient (Wildman–Crippen LogP) is 10.6. The van der Waals surface area contributed by atoms with E-state index >= 15 is 0 Å². The molecule has 204 valence electrons. The second kappa shape index (κ2) is 9.82. The van der Waals surface area contributed by atoms with Gasteiger partial charge >= 0.3 is 0 Å². The molecule has 6 aromatic carbocycles. The van der Waals surface area contributed by atoms with Crippen LogP contribution in [0.1, 0.15) is 0 Å². The third kappa shape index (κ3) is 4.02. The van der Waals surface area contributed by atoms with Crippen LogP contribution in [0.3, 0.4) is 0 Å². The predicted molar refractivity (Wildman–Crippen MR) is 184 cm³/mol. The lowest BCUT2D eigenvalue weighted by molar-refractivity contribution is 1.37. The van der Waals surface area contributed by atoms with Gasteiger partial charge in [-0.3, -0.25) is 9.97 Å². The van der Waals surface area contributed by atoms with E-state index in [1.165, 1.54) is 27.1 Å². The lowest BCUT2D eigenvalue weighted by Crippen LogP contribution is -1.92. The molecule has 0 aliphatic heterocycles. The molecule has 3 heterocycles. The Labute approximate surface area is 254 Å². The molecule has 0 saturated heterocycles. The second-order valence-corrected chi connectivity index (χ2v) is 11.3. The molecule has 44 heavy (non-hydrogen) atoms. The first kappa shape index (κ1) is 24.6. The van der Waals surface area contributed by atoms with E-state index in [4.69, 9.17) is 15.0 Å². The van der Waals surface area contributed by atoms with E-state index in [0.717, 1.165) is 60.7 Å². The van der Waals surface area contributed by atoms with Crippen LogP contribution in [0.15, 0.2) is 152 Å². The average molecular weight is 560 g/mol. The SMILES string of the molecule is c1ccc2ncc(-c3cc(-c4ccc5ccc6cccnc6c5n4)cc(-c4cc5ccccc5c5ccccc45)c3)cc2c1. The molecule has 0 aliphatic carbocycles. The van der Waals surface area contributed by atoms with Gasteiger partial charge in [-0.15, -0.1) is 0 Å². The summed E-state index contributed by atoms with van der Waals surface area (Å²) in [7, 11) is 0. The third-order valence-electron chi connectivity index (χ3n) is 8.66. The molecule has 9 aromatic rings. The zero-order valence-electron chi connectivity index (χ0n) is 23.8. The van der Waals surface area contributed by atoms with Gasteiger partial charge in [-0.1, -0.05) is 91.0 Å². The van der Waals surface area contributed by atoms with Crippen molar-refractivity contribution in [1.29, 1.82) is 0 Å². The first-order valence-electron chi connectivity index (χ1n) is 14.8. The van der Waals surface area contributed by atoms with E-state index < -0.39 is 0 Å². The molecule has 0 spiro atoms. The van der Waals surface area contributed by atoms with Crippen molar-refractivity contribution in [2.45, 2.75) is 0 Å². The Bertz CT molecular complexity index is 2570. The van der Waals surface area contributed by atoms with Crippen LogP contribution in [0, 0.1) is 0 Å². The van der Waals surface area contributed by atoms with E-state index in [0.29, 0.717) is 0 Å². The Hall–Kier alpha value is -5.93. The van der Waals surface area contributed by atoms with Gasteiger partial charge < -0.3 is 0 Å². The summed E-state index contributed by atoms with van der Waals surface area (Å²) in [5.74, 6) is 0. The molecule has 3 heteroatoms. The van der Waals surface area contributed by atoms with Crippen molar-refractivity contribution in [2.75, 3.05) is 0 Å². The van der Waals surface area contributed by atoms with Crippen molar-refractivity contribution in [2.24, 2.45) is 0 Å². The zero-order chi connectivity index (χ0) is 29.0. The minimum Gasteiger partial charge on any atom is -0.256 e. The summed E-state index contributed by atoms with van der Waals surface area (Å²) in [6.45, 7) is 0. The van der Waals surface area contributed by atoms with E-state index in [1.54, 1.807) is 0 Å². The smallest absolute Gasteiger partial charge is 0.0972 e. The summed E-state index contributed by atoms with van der Waals surface area (Å²) < 4.78 is 0. The minimum atomic E-state index is 0.913. The van der Waals surface area contributed by atoms with Crippen LogP contribution in [-0.4, -0.2) is 15.0 Å². The third-order valence-corrected chi connectivity index (χ3v) is 8.66. The summed E-state index contributed by atoms with van der Waals surface area (Å²) >= 11 is 0. The first-order chi connectivity index (χ1) is 21.8. The van der Waals surface area contributed by atoms with Crippen molar-refractivity contribution in [1.82, 2.24) is 15.0 Å². The number of nitrogens with zero attached hydrogens (tertiary/aromatic N) is 3. The van der Waals surface area contributed by atoms with Gasteiger partial charge in [-0.05, 0) is 86.8 Å². The highest BCUT2D eigenvalue weighted by atomic mass is 14.8. The standard InChI is InChI=1S/C41H25N3/c1-3-11-34-28(8-1)24-37(36-13-5-4-12-35(34)36)31-21-30(33-20-29-9-2-6-14-38(29)43-25-33)22-32(23-31)39-18-17-27-16-15-26-10-7-19-42-40(26)41(27)44-39/h1-25H. The van der Waals surface area contributed by atoms with Crippen LogP contribution in [0.5, 0.6) is 0 Å². The molecule has 0 fully saturated rings. The highest BCUT2D eigenvalue weighted by molar-refractivity contribution is 6.14. The van der Waals surface area contributed by atoms with Gasteiger partial charge in [-0.2, -0.15) is 0 Å². The largest absolute Gasteiger partial charge is 0.256 e. The monoisotopic (exact) mass is 559 g/mol. The van der Waals surface area contributed by atoms with Crippen molar-refractivity contribution >= 4 is 54.3 Å². The molecular weight excluding hydrogens is 534 g/mol.